The molecule has 1 heterocycles. The van der Waals surface area contributed by atoms with Crippen molar-refractivity contribution >= 4 is 12.1 Å². The molecule has 134 valence electrons. The standard InChI is InChI=1S/C17H22N4O4/c1-17(2,3)25-16(23)21-9-13(14(10-21)19-20-18)15(22)24-11-12-7-5-4-6-8-12/h4-8,13-14H,9-11H2,1-3H3/t13-,14+/m0/s1. The van der Waals surface area contributed by atoms with Crippen molar-refractivity contribution in [2.75, 3.05) is 13.1 Å². The highest BCUT2D eigenvalue weighted by molar-refractivity contribution is 5.77. The maximum atomic E-state index is 12.4. The Morgan fingerprint density at radius 1 is 1.28 bits per heavy atom. The minimum atomic E-state index is -0.702. The molecule has 0 saturated carbocycles. The number of amides is 1. The molecule has 0 aliphatic carbocycles. The van der Waals surface area contributed by atoms with Gasteiger partial charge in [0.05, 0.1) is 12.0 Å². The summed E-state index contributed by atoms with van der Waals surface area (Å²) >= 11 is 0. The fourth-order valence-corrected chi connectivity index (χ4v) is 2.51. The average molecular weight is 346 g/mol. The quantitative estimate of drug-likeness (QED) is 0.361. The van der Waals surface area contributed by atoms with Crippen LogP contribution in [-0.4, -0.2) is 41.7 Å². The molecule has 1 aliphatic rings. The molecule has 1 aromatic carbocycles. The molecule has 0 bridgehead atoms. The molecule has 8 nitrogen and oxygen atoms in total. The third-order valence-corrected chi connectivity index (χ3v) is 3.67. The lowest BCUT2D eigenvalue weighted by Gasteiger charge is -2.24. The van der Waals surface area contributed by atoms with Gasteiger partial charge in [0, 0.05) is 18.0 Å². The van der Waals surface area contributed by atoms with Crippen LogP contribution in [0.25, 0.3) is 10.4 Å². The van der Waals surface area contributed by atoms with Crippen molar-refractivity contribution < 1.29 is 19.1 Å². The van der Waals surface area contributed by atoms with Gasteiger partial charge in [0.2, 0.25) is 0 Å². The highest BCUT2D eigenvalue weighted by atomic mass is 16.6. The van der Waals surface area contributed by atoms with Crippen LogP contribution in [0.4, 0.5) is 4.79 Å². The fraction of sp³-hybridized carbons (Fsp3) is 0.529. The largest absolute Gasteiger partial charge is 0.461 e. The molecule has 2 rings (SSSR count). The monoisotopic (exact) mass is 346 g/mol. The van der Waals surface area contributed by atoms with Crippen LogP contribution in [0.5, 0.6) is 0 Å². The summed E-state index contributed by atoms with van der Waals surface area (Å²) in [6.45, 7) is 5.65. The van der Waals surface area contributed by atoms with Crippen molar-refractivity contribution in [1.82, 2.24) is 4.90 Å². The van der Waals surface area contributed by atoms with E-state index in [1.54, 1.807) is 20.8 Å². The Labute approximate surface area is 146 Å². The van der Waals surface area contributed by atoms with E-state index in [9.17, 15) is 9.59 Å². The van der Waals surface area contributed by atoms with Gasteiger partial charge in [-0.15, -0.1) is 0 Å². The van der Waals surface area contributed by atoms with Gasteiger partial charge in [-0.2, -0.15) is 0 Å². The average Bonchev–Trinajstić information content (AvgIpc) is 2.97. The van der Waals surface area contributed by atoms with Crippen LogP contribution >= 0.6 is 0 Å². The molecule has 0 radical (unpaired) electrons. The molecule has 1 aromatic rings. The lowest BCUT2D eigenvalue weighted by atomic mass is 10.1. The molecule has 8 heteroatoms. The number of nitrogens with zero attached hydrogens (tertiary/aromatic N) is 4. The zero-order valence-electron chi connectivity index (χ0n) is 14.6. The molecule has 0 aromatic heterocycles. The van der Waals surface area contributed by atoms with Crippen molar-refractivity contribution in [2.45, 2.75) is 39.0 Å². The predicted octanol–water partition coefficient (Wildman–Crippen LogP) is 3.28. The van der Waals surface area contributed by atoms with Crippen molar-refractivity contribution in [3.63, 3.8) is 0 Å². The number of esters is 1. The van der Waals surface area contributed by atoms with Crippen LogP contribution in [-0.2, 0) is 20.9 Å². The minimum Gasteiger partial charge on any atom is -0.461 e. The Balaban J connectivity index is 2.00. The first kappa shape index (κ1) is 18.6. The summed E-state index contributed by atoms with van der Waals surface area (Å²) in [5.74, 6) is -1.19. The highest BCUT2D eigenvalue weighted by Gasteiger charge is 2.41. The highest BCUT2D eigenvalue weighted by Crippen LogP contribution is 2.24. The summed E-state index contributed by atoms with van der Waals surface area (Å²) in [7, 11) is 0. The maximum absolute atomic E-state index is 12.4. The molecular weight excluding hydrogens is 324 g/mol. The van der Waals surface area contributed by atoms with E-state index in [0.29, 0.717) is 0 Å². The van der Waals surface area contributed by atoms with Crippen LogP contribution in [0.1, 0.15) is 26.3 Å². The van der Waals surface area contributed by atoms with Crippen molar-refractivity contribution in [3.8, 4) is 0 Å². The van der Waals surface area contributed by atoms with Gasteiger partial charge in [0.25, 0.3) is 0 Å². The number of azide groups is 1. The van der Waals surface area contributed by atoms with E-state index in [1.165, 1.54) is 4.90 Å². The van der Waals surface area contributed by atoms with E-state index >= 15 is 0 Å². The van der Waals surface area contributed by atoms with Gasteiger partial charge in [-0.1, -0.05) is 35.4 Å². The number of likely N-dealkylation sites (tertiary alicyclic amines) is 1. The van der Waals surface area contributed by atoms with Gasteiger partial charge >= 0.3 is 12.1 Å². The molecule has 1 amide bonds. The first-order valence-corrected chi connectivity index (χ1v) is 8.03. The van der Waals surface area contributed by atoms with Crippen molar-refractivity contribution in [2.24, 2.45) is 11.0 Å². The van der Waals surface area contributed by atoms with Crippen LogP contribution in [0.15, 0.2) is 35.4 Å². The normalized spacial score (nSPS) is 19.9. The zero-order chi connectivity index (χ0) is 18.4. The summed E-state index contributed by atoms with van der Waals surface area (Å²) < 4.78 is 10.6. The number of hydrogen-bond acceptors (Lipinski definition) is 5. The lowest BCUT2D eigenvalue weighted by Crippen LogP contribution is -2.36. The smallest absolute Gasteiger partial charge is 0.410 e. The third kappa shape index (κ3) is 5.39. The van der Waals surface area contributed by atoms with E-state index in [1.807, 2.05) is 30.3 Å². The Bertz CT molecular complexity index is 665. The Kier molecular flexibility index (Phi) is 5.88. The maximum Gasteiger partial charge on any atom is 0.410 e. The number of carbonyl (C=O) groups excluding carboxylic acids is 2. The van der Waals surface area contributed by atoms with Crippen molar-refractivity contribution in [3.05, 3.63) is 46.3 Å². The molecule has 1 aliphatic heterocycles. The SMILES string of the molecule is CC(C)(C)OC(=O)N1C[C@H](C(=O)OCc2ccccc2)[C@H](N=[N+]=[N-])C1. The summed E-state index contributed by atoms with van der Waals surface area (Å²) in [6.07, 6.45) is -0.538. The van der Waals surface area contributed by atoms with Gasteiger partial charge in [0.15, 0.2) is 0 Å². The van der Waals surface area contributed by atoms with Gasteiger partial charge in [-0.3, -0.25) is 4.79 Å². The summed E-state index contributed by atoms with van der Waals surface area (Å²) in [4.78, 5) is 28.7. The van der Waals surface area contributed by atoms with Gasteiger partial charge < -0.3 is 14.4 Å². The van der Waals surface area contributed by atoms with Gasteiger partial charge in [-0.05, 0) is 31.9 Å². The Hall–Kier alpha value is -2.73. The van der Waals surface area contributed by atoms with E-state index in [4.69, 9.17) is 15.0 Å². The minimum absolute atomic E-state index is 0.103. The number of hydrogen-bond donors (Lipinski definition) is 0. The van der Waals surface area contributed by atoms with Gasteiger partial charge in [-0.25, -0.2) is 4.79 Å². The number of rotatable bonds is 4. The first-order chi connectivity index (χ1) is 11.8. The van der Waals surface area contributed by atoms with Crippen LogP contribution in [0, 0.1) is 5.92 Å². The summed E-state index contributed by atoms with van der Waals surface area (Å²) in [5.41, 5.74) is 8.93. The second-order valence-electron chi connectivity index (χ2n) is 6.86. The van der Waals surface area contributed by atoms with E-state index in [0.717, 1.165) is 5.56 Å². The second kappa shape index (κ2) is 7.90. The molecule has 0 spiro atoms. The molecule has 25 heavy (non-hydrogen) atoms. The van der Waals surface area contributed by atoms with E-state index in [2.05, 4.69) is 10.0 Å². The predicted molar refractivity (Wildman–Crippen MR) is 90.5 cm³/mol. The third-order valence-electron chi connectivity index (χ3n) is 3.67. The fourth-order valence-electron chi connectivity index (χ4n) is 2.51. The molecule has 1 saturated heterocycles. The zero-order valence-corrected chi connectivity index (χ0v) is 14.6. The van der Waals surface area contributed by atoms with E-state index in [-0.39, 0.29) is 19.7 Å². The number of benzene rings is 1. The molecular formula is C17H22N4O4. The van der Waals surface area contributed by atoms with Gasteiger partial charge in [0.1, 0.15) is 12.2 Å². The van der Waals surface area contributed by atoms with E-state index < -0.39 is 29.6 Å². The topological polar surface area (TPSA) is 105 Å². The Morgan fingerprint density at radius 3 is 2.56 bits per heavy atom. The number of carbonyl (C=O) groups is 2. The lowest BCUT2D eigenvalue weighted by molar-refractivity contribution is -0.149. The number of ether oxygens (including phenoxy) is 2. The molecule has 2 atom stereocenters. The second-order valence-corrected chi connectivity index (χ2v) is 6.86. The summed E-state index contributed by atoms with van der Waals surface area (Å²) in [6, 6.07) is 8.61. The molecule has 1 fully saturated rings. The molecule has 0 unspecified atom stereocenters. The van der Waals surface area contributed by atoms with Crippen LogP contribution in [0.3, 0.4) is 0 Å². The first-order valence-electron chi connectivity index (χ1n) is 8.03. The Morgan fingerprint density at radius 2 is 1.96 bits per heavy atom. The molecule has 0 N–H and O–H groups in total. The summed E-state index contributed by atoms with van der Waals surface area (Å²) in [5, 5.41) is 3.64. The van der Waals surface area contributed by atoms with Crippen LogP contribution in [0.2, 0.25) is 0 Å². The van der Waals surface area contributed by atoms with Crippen molar-refractivity contribution in [1.29, 1.82) is 0 Å². The van der Waals surface area contributed by atoms with Crippen LogP contribution < -0.4 is 0 Å².